The van der Waals surface area contributed by atoms with Crippen LogP contribution in [-0.4, -0.2) is 22.0 Å². The molecule has 0 bridgehead atoms. The van der Waals surface area contributed by atoms with Gasteiger partial charge in [0, 0.05) is 26.2 Å². The normalized spacial score (nSPS) is 10.8. The topological polar surface area (TPSA) is 65.1 Å². The fourth-order valence-corrected chi connectivity index (χ4v) is 1.78. The molecular weight excluding hydrogens is 220 g/mol. The van der Waals surface area contributed by atoms with E-state index >= 15 is 0 Å². The van der Waals surface area contributed by atoms with Gasteiger partial charge in [0.1, 0.15) is 6.26 Å². The zero-order valence-electron chi connectivity index (χ0n) is 10.2. The lowest BCUT2D eigenvalue weighted by Gasteiger charge is -2.05. The molecule has 2 heterocycles. The zero-order chi connectivity index (χ0) is 12.3. The minimum Gasteiger partial charge on any atom is -0.481 e. The molecule has 6 heteroatoms. The lowest BCUT2D eigenvalue weighted by Crippen LogP contribution is -2.14. The Bertz CT molecular complexity index is 476. The van der Waals surface area contributed by atoms with Crippen molar-refractivity contribution in [3.63, 3.8) is 0 Å². The molecule has 0 amide bonds. The second kappa shape index (κ2) is 5.01. The fourth-order valence-electron chi connectivity index (χ4n) is 1.78. The molecule has 1 N–H and O–H groups in total. The van der Waals surface area contributed by atoms with Crippen molar-refractivity contribution < 1.29 is 9.26 Å². The smallest absolute Gasteiger partial charge is 0.216 e. The van der Waals surface area contributed by atoms with E-state index in [1.54, 1.807) is 18.1 Å². The number of hydrogen-bond acceptors (Lipinski definition) is 5. The quantitative estimate of drug-likeness (QED) is 0.839. The van der Waals surface area contributed by atoms with Crippen LogP contribution in [0.5, 0.6) is 5.88 Å². The van der Waals surface area contributed by atoms with Gasteiger partial charge in [-0.3, -0.25) is 0 Å². The van der Waals surface area contributed by atoms with Crippen LogP contribution in [0.25, 0.3) is 0 Å². The third-order valence-electron chi connectivity index (χ3n) is 2.58. The lowest BCUT2D eigenvalue weighted by atomic mass is 10.2. The second-order valence-corrected chi connectivity index (χ2v) is 3.79. The maximum absolute atomic E-state index is 5.31. The monoisotopic (exact) mass is 236 g/mol. The van der Waals surface area contributed by atoms with Crippen LogP contribution in [0.1, 0.15) is 17.0 Å². The molecular formula is C11H16N4O2. The molecule has 2 aromatic rings. The summed E-state index contributed by atoms with van der Waals surface area (Å²) >= 11 is 0. The van der Waals surface area contributed by atoms with Crippen LogP contribution in [-0.2, 0) is 20.1 Å². The molecule has 0 aliphatic heterocycles. The van der Waals surface area contributed by atoms with E-state index in [1.165, 1.54) is 0 Å². The molecule has 0 fully saturated rings. The Labute approximate surface area is 99.5 Å². The molecule has 0 aliphatic carbocycles. The second-order valence-electron chi connectivity index (χ2n) is 3.79. The SMILES string of the molecule is COc1c(CNCc2ccon2)c(C)nn1C. The molecule has 2 rings (SSSR count). The molecule has 0 saturated carbocycles. The molecule has 0 spiro atoms. The van der Waals surface area contributed by atoms with Gasteiger partial charge in [-0.2, -0.15) is 5.10 Å². The Morgan fingerprint density at radius 2 is 2.29 bits per heavy atom. The van der Waals surface area contributed by atoms with Crippen molar-refractivity contribution in [3.8, 4) is 5.88 Å². The number of nitrogens with zero attached hydrogens (tertiary/aromatic N) is 3. The van der Waals surface area contributed by atoms with Crippen LogP contribution in [0, 0.1) is 6.92 Å². The van der Waals surface area contributed by atoms with E-state index in [0.717, 1.165) is 22.8 Å². The maximum atomic E-state index is 5.31. The first kappa shape index (κ1) is 11.7. The van der Waals surface area contributed by atoms with E-state index in [1.807, 2.05) is 20.0 Å². The molecule has 0 saturated heterocycles. The molecule has 0 aliphatic rings. The summed E-state index contributed by atoms with van der Waals surface area (Å²) < 4.78 is 11.8. The number of ether oxygens (including phenoxy) is 1. The highest BCUT2D eigenvalue weighted by Crippen LogP contribution is 2.20. The molecule has 0 radical (unpaired) electrons. The fraction of sp³-hybridized carbons (Fsp3) is 0.455. The largest absolute Gasteiger partial charge is 0.481 e. The van der Waals surface area contributed by atoms with E-state index in [4.69, 9.17) is 9.26 Å². The Balaban J connectivity index is 1.99. The van der Waals surface area contributed by atoms with Crippen molar-refractivity contribution >= 4 is 0 Å². The highest BCUT2D eigenvalue weighted by molar-refractivity contribution is 5.30. The summed E-state index contributed by atoms with van der Waals surface area (Å²) in [5.74, 6) is 0.787. The predicted molar refractivity (Wildman–Crippen MR) is 61.5 cm³/mol. The lowest BCUT2D eigenvalue weighted by molar-refractivity contribution is 0.367. The third-order valence-corrected chi connectivity index (χ3v) is 2.58. The average Bonchev–Trinajstić information content (AvgIpc) is 2.88. The first-order chi connectivity index (χ1) is 8.22. The first-order valence-corrected chi connectivity index (χ1v) is 5.38. The Hall–Kier alpha value is -1.82. The molecule has 0 aromatic carbocycles. The van der Waals surface area contributed by atoms with Gasteiger partial charge in [0.05, 0.1) is 24.1 Å². The Morgan fingerprint density at radius 1 is 1.47 bits per heavy atom. The van der Waals surface area contributed by atoms with Crippen LogP contribution in [0.4, 0.5) is 0 Å². The number of nitrogens with one attached hydrogen (secondary N) is 1. The summed E-state index contributed by atoms with van der Waals surface area (Å²) in [5.41, 5.74) is 2.92. The maximum Gasteiger partial charge on any atom is 0.216 e. The van der Waals surface area contributed by atoms with Crippen molar-refractivity contribution in [1.29, 1.82) is 0 Å². The van der Waals surface area contributed by atoms with Gasteiger partial charge >= 0.3 is 0 Å². The molecule has 6 nitrogen and oxygen atoms in total. The molecule has 92 valence electrons. The van der Waals surface area contributed by atoms with E-state index in [2.05, 4.69) is 15.6 Å². The summed E-state index contributed by atoms with van der Waals surface area (Å²) in [4.78, 5) is 0. The molecule has 2 aromatic heterocycles. The number of hydrogen-bond donors (Lipinski definition) is 1. The van der Waals surface area contributed by atoms with Crippen LogP contribution in [0.2, 0.25) is 0 Å². The predicted octanol–water partition coefficient (Wildman–Crippen LogP) is 1.01. The zero-order valence-corrected chi connectivity index (χ0v) is 10.2. The highest BCUT2D eigenvalue weighted by Gasteiger charge is 2.13. The van der Waals surface area contributed by atoms with Gasteiger partial charge in [-0.05, 0) is 6.92 Å². The van der Waals surface area contributed by atoms with Gasteiger partial charge in [0.15, 0.2) is 0 Å². The van der Waals surface area contributed by atoms with Crippen molar-refractivity contribution in [2.45, 2.75) is 20.0 Å². The van der Waals surface area contributed by atoms with Crippen molar-refractivity contribution in [3.05, 3.63) is 29.3 Å². The number of rotatable bonds is 5. The van der Waals surface area contributed by atoms with Crippen molar-refractivity contribution in [2.24, 2.45) is 7.05 Å². The van der Waals surface area contributed by atoms with Crippen LogP contribution in [0.15, 0.2) is 16.9 Å². The van der Waals surface area contributed by atoms with Gasteiger partial charge in [0.25, 0.3) is 0 Å². The minimum atomic E-state index is 0.661. The Kier molecular flexibility index (Phi) is 3.43. The first-order valence-electron chi connectivity index (χ1n) is 5.38. The third kappa shape index (κ3) is 2.47. The summed E-state index contributed by atoms with van der Waals surface area (Å²) in [6.07, 6.45) is 1.56. The van der Waals surface area contributed by atoms with E-state index in [-0.39, 0.29) is 0 Å². The van der Waals surface area contributed by atoms with Crippen LogP contribution in [0.3, 0.4) is 0 Å². The van der Waals surface area contributed by atoms with Gasteiger partial charge in [-0.25, -0.2) is 4.68 Å². The van der Waals surface area contributed by atoms with E-state index in [0.29, 0.717) is 13.1 Å². The standard InChI is InChI=1S/C11H16N4O2/c1-8-10(11(16-3)15(2)13-8)7-12-6-9-4-5-17-14-9/h4-5,12H,6-7H2,1-3H3. The van der Waals surface area contributed by atoms with Gasteiger partial charge in [0.2, 0.25) is 5.88 Å². The van der Waals surface area contributed by atoms with E-state index in [9.17, 15) is 0 Å². The molecule has 0 atom stereocenters. The van der Waals surface area contributed by atoms with Gasteiger partial charge in [-0.15, -0.1) is 0 Å². The van der Waals surface area contributed by atoms with Gasteiger partial charge in [-0.1, -0.05) is 5.16 Å². The average molecular weight is 236 g/mol. The van der Waals surface area contributed by atoms with Gasteiger partial charge < -0.3 is 14.6 Å². The van der Waals surface area contributed by atoms with Crippen LogP contribution >= 0.6 is 0 Å². The van der Waals surface area contributed by atoms with Crippen LogP contribution < -0.4 is 10.1 Å². The summed E-state index contributed by atoms with van der Waals surface area (Å²) in [6.45, 7) is 3.32. The highest BCUT2D eigenvalue weighted by atomic mass is 16.5. The van der Waals surface area contributed by atoms with Crippen molar-refractivity contribution in [1.82, 2.24) is 20.3 Å². The summed E-state index contributed by atoms with van der Waals surface area (Å²) in [5, 5.41) is 11.4. The number of aromatic nitrogens is 3. The molecule has 0 unspecified atom stereocenters. The number of aryl methyl sites for hydroxylation is 2. The summed E-state index contributed by atoms with van der Waals surface area (Å²) in [6, 6.07) is 1.83. The van der Waals surface area contributed by atoms with Crippen molar-refractivity contribution in [2.75, 3.05) is 7.11 Å². The minimum absolute atomic E-state index is 0.661. The van der Waals surface area contributed by atoms with E-state index < -0.39 is 0 Å². The summed E-state index contributed by atoms with van der Waals surface area (Å²) in [7, 11) is 3.52. The number of methoxy groups -OCH3 is 1. The Morgan fingerprint density at radius 3 is 2.94 bits per heavy atom. The molecule has 17 heavy (non-hydrogen) atoms.